The molecular weight excluding hydrogens is 540 g/mol. The molecule has 4 rings (SSSR count). The van der Waals surface area contributed by atoms with Gasteiger partial charge in [-0.25, -0.2) is 0 Å². The van der Waals surface area contributed by atoms with Crippen molar-refractivity contribution in [3.8, 4) is 0 Å². The monoisotopic (exact) mass is 560 g/mol. The molecule has 1 amide bonds. The number of thiophene rings is 1. The first-order chi connectivity index (χ1) is 16.3. The van der Waals surface area contributed by atoms with Gasteiger partial charge < -0.3 is 19.7 Å². The zero-order chi connectivity index (χ0) is 24.2. The third-order valence-electron chi connectivity index (χ3n) is 5.28. The lowest BCUT2D eigenvalue weighted by Crippen LogP contribution is -2.29. The molecule has 0 aliphatic carbocycles. The molecule has 2 N–H and O–H groups in total. The van der Waals surface area contributed by atoms with Crippen molar-refractivity contribution in [2.75, 3.05) is 6.61 Å². The normalized spacial score (nSPS) is 12.1. The largest absolute Gasteiger partial charge is 0.386 e. The number of amides is 1. The number of hydrogen-bond donors (Lipinski definition) is 2. The van der Waals surface area contributed by atoms with Crippen LogP contribution in [-0.2, 0) is 24.9 Å². The predicted molar refractivity (Wildman–Crippen MR) is 138 cm³/mol. The highest BCUT2D eigenvalue weighted by Crippen LogP contribution is 2.25. The minimum Gasteiger partial charge on any atom is -0.386 e. The molecule has 0 aliphatic rings. The SMILES string of the molecule is Cn1cc(C(=O)NCc2ccc(Cl)cc2)c(=O)c2cc(COCC(O)c3ccc(Br)cc3)sc21. The molecule has 4 aromatic rings. The molecule has 6 nitrogen and oxygen atoms in total. The lowest BCUT2D eigenvalue weighted by molar-refractivity contribution is 0.0287. The highest BCUT2D eigenvalue weighted by atomic mass is 79.9. The van der Waals surface area contributed by atoms with Crippen LogP contribution in [0.5, 0.6) is 0 Å². The molecule has 9 heteroatoms. The van der Waals surface area contributed by atoms with Gasteiger partial charge in [-0.05, 0) is 41.5 Å². The zero-order valence-electron chi connectivity index (χ0n) is 18.3. The number of halogens is 2. The van der Waals surface area contributed by atoms with Crippen molar-refractivity contribution < 1.29 is 14.6 Å². The molecule has 34 heavy (non-hydrogen) atoms. The Morgan fingerprint density at radius 2 is 1.91 bits per heavy atom. The number of rotatable bonds is 8. The summed E-state index contributed by atoms with van der Waals surface area (Å²) in [6.45, 7) is 0.676. The van der Waals surface area contributed by atoms with E-state index in [1.165, 1.54) is 11.3 Å². The van der Waals surface area contributed by atoms with E-state index >= 15 is 0 Å². The Labute approximate surface area is 213 Å². The van der Waals surface area contributed by atoms with E-state index in [-0.39, 0.29) is 24.2 Å². The molecule has 0 fully saturated rings. The number of aliphatic hydroxyl groups excluding tert-OH is 1. The van der Waals surface area contributed by atoms with E-state index in [9.17, 15) is 14.7 Å². The molecule has 0 saturated heterocycles. The Kier molecular flexibility index (Phi) is 7.85. The number of nitrogens with one attached hydrogen (secondary N) is 1. The van der Waals surface area contributed by atoms with Gasteiger partial charge in [0.1, 0.15) is 16.5 Å². The van der Waals surface area contributed by atoms with Crippen LogP contribution in [0.1, 0.15) is 32.5 Å². The highest BCUT2D eigenvalue weighted by Gasteiger charge is 2.17. The number of fused-ring (bicyclic) bond motifs is 1. The summed E-state index contributed by atoms with van der Waals surface area (Å²) >= 11 is 10.7. The van der Waals surface area contributed by atoms with Crippen LogP contribution in [0.2, 0.25) is 5.02 Å². The topological polar surface area (TPSA) is 80.6 Å². The fraction of sp³-hybridized carbons (Fsp3) is 0.200. The number of aliphatic hydroxyl groups is 1. The highest BCUT2D eigenvalue weighted by molar-refractivity contribution is 9.10. The van der Waals surface area contributed by atoms with Crippen LogP contribution in [0.3, 0.4) is 0 Å². The van der Waals surface area contributed by atoms with Gasteiger partial charge in [0.2, 0.25) is 5.43 Å². The van der Waals surface area contributed by atoms with Gasteiger partial charge in [0.15, 0.2) is 0 Å². The molecule has 2 aromatic carbocycles. The molecule has 176 valence electrons. The fourth-order valence-corrected chi connectivity index (χ4v) is 4.89. The molecule has 1 atom stereocenters. The average Bonchev–Trinajstić information content (AvgIpc) is 3.26. The minimum atomic E-state index is -0.746. The minimum absolute atomic E-state index is 0.0832. The van der Waals surface area contributed by atoms with E-state index in [4.69, 9.17) is 16.3 Å². The second kappa shape index (κ2) is 10.8. The number of hydrogen-bond acceptors (Lipinski definition) is 5. The van der Waals surface area contributed by atoms with Crippen LogP contribution in [0, 0.1) is 0 Å². The van der Waals surface area contributed by atoms with E-state index in [0.717, 1.165) is 25.3 Å². The van der Waals surface area contributed by atoms with Crippen molar-refractivity contribution in [2.45, 2.75) is 19.3 Å². The van der Waals surface area contributed by atoms with Crippen LogP contribution in [0.25, 0.3) is 10.2 Å². The second-order valence-corrected chi connectivity index (χ2v) is 10.3. The van der Waals surface area contributed by atoms with Gasteiger partial charge in [-0.1, -0.05) is 51.8 Å². The molecule has 0 bridgehead atoms. The third-order valence-corrected chi connectivity index (χ3v) is 7.26. The number of aromatic nitrogens is 1. The molecule has 2 aromatic heterocycles. The number of ether oxygens (including phenoxy) is 1. The van der Waals surface area contributed by atoms with Crippen molar-refractivity contribution in [1.82, 2.24) is 9.88 Å². The van der Waals surface area contributed by atoms with Crippen LogP contribution in [0.4, 0.5) is 0 Å². The number of carbonyl (C=O) groups excluding carboxylic acids is 1. The Morgan fingerprint density at radius 1 is 1.21 bits per heavy atom. The number of pyridine rings is 1. The van der Waals surface area contributed by atoms with Crippen LogP contribution in [0.15, 0.2) is 70.1 Å². The van der Waals surface area contributed by atoms with Crippen molar-refractivity contribution in [3.63, 3.8) is 0 Å². The first-order valence-corrected chi connectivity index (χ1v) is 12.5. The standard InChI is InChI=1S/C25H22BrClN2O4S/c1-29-12-21(24(32)28-11-15-2-8-18(27)9-3-15)23(31)20-10-19(34-25(20)29)13-33-14-22(30)16-4-6-17(26)7-5-16/h2-10,12,22,30H,11,13-14H2,1H3,(H,28,32). The van der Waals surface area contributed by atoms with Crippen molar-refractivity contribution in [1.29, 1.82) is 0 Å². The third kappa shape index (κ3) is 5.76. The molecule has 0 spiro atoms. The predicted octanol–water partition coefficient (Wildman–Crippen LogP) is 5.20. The molecule has 1 unspecified atom stereocenters. The maximum Gasteiger partial charge on any atom is 0.257 e. The summed E-state index contributed by atoms with van der Waals surface area (Å²) in [4.78, 5) is 27.3. The summed E-state index contributed by atoms with van der Waals surface area (Å²) in [7, 11) is 1.80. The van der Waals surface area contributed by atoms with Gasteiger partial charge in [-0.2, -0.15) is 0 Å². The van der Waals surface area contributed by atoms with Crippen LogP contribution in [-0.4, -0.2) is 22.2 Å². The van der Waals surface area contributed by atoms with Gasteiger partial charge in [-0.3, -0.25) is 9.59 Å². The number of aryl methyl sites for hydroxylation is 1. The van der Waals surface area contributed by atoms with E-state index in [0.29, 0.717) is 17.0 Å². The summed E-state index contributed by atoms with van der Waals surface area (Å²) in [5.41, 5.74) is 1.41. The second-order valence-electron chi connectivity index (χ2n) is 7.81. The lowest BCUT2D eigenvalue weighted by Gasteiger charge is -2.11. The smallest absolute Gasteiger partial charge is 0.257 e. The van der Waals surface area contributed by atoms with Crippen LogP contribution >= 0.6 is 38.9 Å². The first-order valence-electron chi connectivity index (χ1n) is 10.5. The van der Waals surface area contributed by atoms with Gasteiger partial charge in [-0.15, -0.1) is 11.3 Å². The number of carbonyl (C=O) groups is 1. The fourth-order valence-electron chi connectivity index (χ4n) is 3.48. The molecular formula is C25H22BrClN2O4S. The summed E-state index contributed by atoms with van der Waals surface area (Å²) in [5.74, 6) is -0.431. The van der Waals surface area contributed by atoms with Crippen molar-refractivity contribution in [3.05, 3.63) is 102 Å². The summed E-state index contributed by atoms with van der Waals surface area (Å²) in [5, 5.41) is 14.2. The van der Waals surface area contributed by atoms with Crippen molar-refractivity contribution in [2.24, 2.45) is 7.05 Å². The number of nitrogens with zero attached hydrogens (tertiary/aromatic N) is 1. The summed E-state index contributed by atoms with van der Waals surface area (Å²) in [6.07, 6.45) is 0.810. The molecule has 0 radical (unpaired) electrons. The lowest BCUT2D eigenvalue weighted by atomic mass is 10.1. The first kappa shape index (κ1) is 24.6. The van der Waals surface area contributed by atoms with E-state index in [1.807, 2.05) is 36.4 Å². The molecule has 2 heterocycles. The molecule has 0 saturated carbocycles. The van der Waals surface area contributed by atoms with Gasteiger partial charge in [0.05, 0.1) is 18.6 Å². The Hall–Kier alpha value is -2.49. The molecule has 0 aliphatic heterocycles. The maximum atomic E-state index is 13.0. The van der Waals surface area contributed by atoms with Crippen molar-refractivity contribution >= 4 is 55.0 Å². The summed E-state index contributed by atoms with van der Waals surface area (Å²) < 4.78 is 8.41. The quantitative estimate of drug-likeness (QED) is 0.310. The van der Waals surface area contributed by atoms with E-state index < -0.39 is 12.0 Å². The average molecular weight is 562 g/mol. The van der Waals surface area contributed by atoms with Gasteiger partial charge in [0, 0.05) is 34.2 Å². The maximum absolute atomic E-state index is 13.0. The Bertz CT molecular complexity index is 1370. The van der Waals surface area contributed by atoms with Gasteiger partial charge >= 0.3 is 0 Å². The van der Waals surface area contributed by atoms with Gasteiger partial charge in [0.25, 0.3) is 5.91 Å². The van der Waals surface area contributed by atoms with Crippen LogP contribution < -0.4 is 10.7 Å². The number of benzene rings is 2. The summed E-state index contributed by atoms with van der Waals surface area (Å²) in [6, 6.07) is 16.3. The van der Waals surface area contributed by atoms with E-state index in [1.54, 1.807) is 36.0 Å². The Morgan fingerprint density at radius 3 is 2.62 bits per heavy atom. The zero-order valence-corrected chi connectivity index (χ0v) is 21.4. The van der Waals surface area contributed by atoms with E-state index in [2.05, 4.69) is 21.2 Å². The Balaban J connectivity index is 1.43.